The molecule has 23 heavy (non-hydrogen) atoms. The molecule has 0 fully saturated rings. The SMILES string of the molecule is Cc1cnc(-c2cccc3c2oc2ccc(C)c(C)c23)cc1C. The summed E-state index contributed by atoms with van der Waals surface area (Å²) < 4.78 is 6.20. The van der Waals surface area contributed by atoms with Gasteiger partial charge in [0, 0.05) is 22.5 Å². The van der Waals surface area contributed by atoms with Crippen LogP contribution in [0.5, 0.6) is 0 Å². The number of benzene rings is 2. The van der Waals surface area contributed by atoms with Gasteiger partial charge in [-0.3, -0.25) is 4.98 Å². The topological polar surface area (TPSA) is 26.0 Å². The molecule has 2 aromatic carbocycles. The van der Waals surface area contributed by atoms with E-state index in [0.29, 0.717) is 0 Å². The molecule has 0 N–H and O–H groups in total. The first-order valence-corrected chi connectivity index (χ1v) is 7.91. The quantitative estimate of drug-likeness (QED) is 0.438. The summed E-state index contributed by atoms with van der Waals surface area (Å²) in [7, 11) is 0. The van der Waals surface area contributed by atoms with Crippen LogP contribution in [0.2, 0.25) is 0 Å². The minimum atomic E-state index is 0.923. The van der Waals surface area contributed by atoms with Crippen molar-refractivity contribution in [1.29, 1.82) is 0 Å². The van der Waals surface area contributed by atoms with E-state index in [0.717, 1.165) is 22.4 Å². The van der Waals surface area contributed by atoms with Crippen molar-refractivity contribution in [2.75, 3.05) is 0 Å². The van der Waals surface area contributed by atoms with Gasteiger partial charge >= 0.3 is 0 Å². The van der Waals surface area contributed by atoms with Gasteiger partial charge in [0.2, 0.25) is 0 Å². The molecule has 0 aliphatic carbocycles. The monoisotopic (exact) mass is 301 g/mol. The number of furan rings is 1. The summed E-state index contributed by atoms with van der Waals surface area (Å²) in [5, 5.41) is 2.38. The summed E-state index contributed by atoms with van der Waals surface area (Å²) in [6, 6.07) is 12.6. The van der Waals surface area contributed by atoms with Gasteiger partial charge in [-0.25, -0.2) is 0 Å². The fourth-order valence-electron chi connectivity index (χ4n) is 3.14. The van der Waals surface area contributed by atoms with Gasteiger partial charge in [0.05, 0.1) is 5.69 Å². The molecule has 4 rings (SSSR count). The lowest BCUT2D eigenvalue weighted by atomic mass is 10.0. The van der Waals surface area contributed by atoms with E-state index in [1.165, 1.54) is 33.0 Å². The highest BCUT2D eigenvalue weighted by molar-refractivity contribution is 6.10. The van der Waals surface area contributed by atoms with Crippen LogP contribution in [-0.2, 0) is 0 Å². The standard InChI is InChI=1S/C21H19NO/c1-12-8-9-19-20(15(12)4)17-7-5-6-16(21(17)23-19)18-10-13(2)14(3)11-22-18/h5-11H,1-4H3. The third-order valence-electron chi connectivity index (χ3n) is 4.84. The Labute approximate surface area is 135 Å². The van der Waals surface area contributed by atoms with Gasteiger partial charge in [-0.05, 0) is 68.1 Å². The highest BCUT2D eigenvalue weighted by Crippen LogP contribution is 2.37. The first-order chi connectivity index (χ1) is 11.1. The molecule has 2 heterocycles. The number of pyridine rings is 1. The first-order valence-electron chi connectivity index (χ1n) is 7.91. The van der Waals surface area contributed by atoms with Gasteiger partial charge in [-0.15, -0.1) is 0 Å². The third-order valence-corrected chi connectivity index (χ3v) is 4.84. The minimum Gasteiger partial charge on any atom is -0.455 e. The third kappa shape index (κ3) is 2.06. The van der Waals surface area contributed by atoms with Crippen LogP contribution in [0.15, 0.2) is 47.0 Å². The fourth-order valence-corrected chi connectivity index (χ4v) is 3.14. The molecular formula is C21H19NO. The molecule has 114 valence electrons. The second-order valence-corrected chi connectivity index (χ2v) is 6.32. The second kappa shape index (κ2) is 4.95. The molecule has 2 aromatic heterocycles. The van der Waals surface area contributed by atoms with Gasteiger partial charge in [0.15, 0.2) is 0 Å². The molecule has 2 heteroatoms. The Morgan fingerprint density at radius 2 is 1.70 bits per heavy atom. The van der Waals surface area contributed by atoms with Crippen molar-refractivity contribution in [3.63, 3.8) is 0 Å². The average Bonchev–Trinajstić information content (AvgIpc) is 2.93. The molecule has 0 bridgehead atoms. The van der Waals surface area contributed by atoms with Crippen molar-refractivity contribution in [3.05, 3.63) is 64.8 Å². The van der Waals surface area contributed by atoms with E-state index in [9.17, 15) is 0 Å². The lowest BCUT2D eigenvalue weighted by Gasteiger charge is -2.05. The van der Waals surface area contributed by atoms with Crippen LogP contribution >= 0.6 is 0 Å². The van der Waals surface area contributed by atoms with Crippen molar-refractivity contribution < 1.29 is 4.42 Å². The summed E-state index contributed by atoms with van der Waals surface area (Å²) in [5.74, 6) is 0. The number of aryl methyl sites for hydroxylation is 4. The molecular weight excluding hydrogens is 282 g/mol. The summed E-state index contributed by atoms with van der Waals surface area (Å²) in [6.45, 7) is 8.50. The van der Waals surface area contributed by atoms with Crippen LogP contribution in [0.25, 0.3) is 33.2 Å². The lowest BCUT2D eigenvalue weighted by molar-refractivity contribution is 0.669. The van der Waals surface area contributed by atoms with Gasteiger partial charge in [-0.2, -0.15) is 0 Å². The first kappa shape index (κ1) is 14.0. The van der Waals surface area contributed by atoms with Crippen LogP contribution in [0, 0.1) is 27.7 Å². The van der Waals surface area contributed by atoms with E-state index in [4.69, 9.17) is 4.42 Å². The largest absolute Gasteiger partial charge is 0.455 e. The van der Waals surface area contributed by atoms with Crippen molar-refractivity contribution in [2.45, 2.75) is 27.7 Å². The maximum Gasteiger partial charge on any atom is 0.144 e. The Bertz CT molecular complexity index is 1060. The Kier molecular flexibility index (Phi) is 3.02. The molecule has 0 unspecified atom stereocenters. The molecule has 0 saturated heterocycles. The van der Waals surface area contributed by atoms with Crippen molar-refractivity contribution in [1.82, 2.24) is 4.98 Å². The number of aromatic nitrogens is 1. The predicted octanol–water partition coefficient (Wildman–Crippen LogP) is 5.88. The van der Waals surface area contributed by atoms with Gasteiger partial charge in [0.25, 0.3) is 0 Å². The molecule has 0 amide bonds. The van der Waals surface area contributed by atoms with E-state index in [2.05, 4.69) is 69.1 Å². The Hall–Kier alpha value is -2.61. The molecule has 0 radical (unpaired) electrons. The van der Waals surface area contributed by atoms with Crippen molar-refractivity contribution in [3.8, 4) is 11.3 Å². The summed E-state index contributed by atoms with van der Waals surface area (Å²) in [6.07, 6.45) is 1.93. The Morgan fingerprint density at radius 1 is 0.870 bits per heavy atom. The number of nitrogens with zero attached hydrogens (tertiary/aromatic N) is 1. The summed E-state index contributed by atoms with van der Waals surface area (Å²) in [4.78, 5) is 4.61. The van der Waals surface area contributed by atoms with E-state index in [1.54, 1.807) is 0 Å². The van der Waals surface area contributed by atoms with Crippen LogP contribution < -0.4 is 0 Å². The van der Waals surface area contributed by atoms with Crippen molar-refractivity contribution >= 4 is 21.9 Å². The van der Waals surface area contributed by atoms with Crippen molar-refractivity contribution in [2.24, 2.45) is 0 Å². The summed E-state index contributed by atoms with van der Waals surface area (Å²) >= 11 is 0. The molecule has 0 spiro atoms. The summed E-state index contributed by atoms with van der Waals surface area (Å²) in [5.41, 5.74) is 8.91. The van der Waals surface area contributed by atoms with E-state index in [1.807, 2.05) is 6.20 Å². The zero-order valence-corrected chi connectivity index (χ0v) is 13.9. The van der Waals surface area contributed by atoms with Crippen LogP contribution in [-0.4, -0.2) is 4.98 Å². The smallest absolute Gasteiger partial charge is 0.144 e. The number of rotatable bonds is 1. The van der Waals surface area contributed by atoms with E-state index in [-0.39, 0.29) is 0 Å². The zero-order chi connectivity index (χ0) is 16.1. The molecule has 0 aliphatic heterocycles. The molecule has 2 nitrogen and oxygen atoms in total. The van der Waals surface area contributed by atoms with Crippen LogP contribution in [0.3, 0.4) is 0 Å². The number of para-hydroxylation sites is 1. The van der Waals surface area contributed by atoms with E-state index >= 15 is 0 Å². The van der Waals surface area contributed by atoms with Gasteiger partial charge in [-0.1, -0.05) is 18.2 Å². The second-order valence-electron chi connectivity index (χ2n) is 6.32. The lowest BCUT2D eigenvalue weighted by Crippen LogP contribution is -1.88. The number of hydrogen-bond donors (Lipinski definition) is 0. The normalized spacial score (nSPS) is 11.5. The molecule has 0 saturated carbocycles. The van der Waals surface area contributed by atoms with Gasteiger partial charge in [0.1, 0.15) is 11.2 Å². The van der Waals surface area contributed by atoms with Crippen LogP contribution in [0.4, 0.5) is 0 Å². The maximum absolute atomic E-state index is 6.20. The molecule has 0 aliphatic rings. The van der Waals surface area contributed by atoms with Gasteiger partial charge < -0.3 is 4.42 Å². The predicted molar refractivity (Wildman–Crippen MR) is 95.9 cm³/mol. The maximum atomic E-state index is 6.20. The zero-order valence-electron chi connectivity index (χ0n) is 13.9. The molecule has 4 aromatic rings. The fraction of sp³-hybridized carbons (Fsp3) is 0.190. The Balaban J connectivity index is 2.09. The Morgan fingerprint density at radius 3 is 2.48 bits per heavy atom. The number of fused-ring (bicyclic) bond motifs is 3. The average molecular weight is 301 g/mol. The van der Waals surface area contributed by atoms with Crippen LogP contribution in [0.1, 0.15) is 22.3 Å². The minimum absolute atomic E-state index is 0.923. The highest BCUT2D eigenvalue weighted by atomic mass is 16.3. The number of hydrogen-bond acceptors (Lipinski definition) is 2. The van der Waals surface area contributed by atoms with E-state index < -0.39 is 0 Å². The highest BCUT2D eigenvalue weighted by Gasteiger charge is 2.15. The molecule has 0 atom stereocenters.